The fourth-order valence-electron chi connectivity index (χ4n) is 3.68. The molecule has 0 atom stereocenters. The van der Waals surface area contributed by atoms with E-state index in [9.17, 15) is 0 Å². The standard InChI is InChI=1S/C22H34O4/c1-3-5-6-8-18-13-23-22(24-14-18)20-15-25-21(26-16-20)19-11-9-17(7-4-2)10-12-19/h9-12,18,20-22H,3-8,13-16H2,1-2H3/t18-,20-,21-,22-. The second-order valence-corrected chi connectivity index (χ2v) is 7.65. The van der Waals surface area contributed by atoms with Gasteiger partial charge in [-0.15, -0.1) is 0 Å². The van der Waals surface area contributed by atoms with Crippen LogP contribution in [0, 0.1) is 11.8 Å². The monoisotopic (exact) mass is 362 g/mol. The van der Waals surface area contributed by atoms with Crippen molar-refractivity contribution in [3.63, 3.8) is 0 Å². The highest BCUT2D eigenvalue weighted by Gasteiger charge is 2.34. The summed E-state index contributed by atoms with van der Waals surface area (Å²) in [4.78, 5) is 0. The largest absolute Gasteiger partial charge is 0.352 e. The minimum absolute atomic E-state index is 0.155. The molecule has 1 aromatic carbocycles. The van der Waals surface area contributed by atoms with E-state index >= 15 is 0 Å². The van der Waals surface area contributed by atoms with Gasteiger partial charge >= 0.3 is 0 Å². The number of hydrogen-bond donors (Lipinski definition) is 0. The van der Waals surface area contributed by atoms with E-state index in [4.69, 9.17) is 18.9 Å². The first-order chi connectivity index (χ1) is 12.8. The Hall–Kier alpha value is -0.940. The van der Waals surface area contributed by atoms with Crippen molar-refractivity contribution in [3.05, 3.63) is 35.4 Å². The van der Waals surface area contributed by atoms with Crippen molar-refractivity contribution >= 4 is 0 Å². The average Bonchev–Trinajstić information content (AvgIpc) is 2.70. The Bertz CT molecular complexity index is 499. The molecule has 1 aromatic rings. The average molecular weight is 363 g/mol. The first-order valence-electron chi connectivity index (χ1n) is 10.3. The zero-order valence-electron chi connectivity index (χ0n) is 16.3. The molecule has 0 saturated carbocycles. The molecule has 0 aromatic heterocycles. The lowest BCUT2D eigenvalue weighted by atomic mass is 10.0. The number of aryl methyl sites for hydroxylation is 1. The predicted molar refractivity (Wildman–Crippen MR) is 102 cm³/mol. The zero-order chi connectivity index (χ0) is 18.2. The molecule has 4 heteroatoms. The minimum atomic E-state index is -0.271. The van der Waals surface area contributed by atoms with E-state index in [1.165, 1.54) is 31.2 Å². The van der Waals surface area contributed by atoms with Crippen LogP contribution >= 0.6 is 0 Å². The number of unbranched alkanes of at least 4 members (excludes halogenated alkanes) is 2. The van der Waals surface area contributed by atoms with Gasteiger partial charge in [0.15, 0.2) is 12.6 Å². The van der Waals surface area contributed by atoms with Gasteiger partial charge in [0.2, 0.25) is 0 Å². The molecule has 146 valence electrons. The van der Waals surface area contributed by atoms with Crippen molar-refractivity contribution in [2.24, 2.45) is 11.8 Å². The molecule has 4 nitrogen and oxygen atoms in total. The first-order valence-corrected chi connectivity index (χ1v) is 10.3. The van der Waals surface area contributed by atoms with Gasteiger partial charge < -0.3 is 18.9 Å². The highest BCUT2D eigenvalue weighted by Crippen LogP contribution is 2.30. The van der Waals surface area contributed by atoms with Crippen molar-refractivity contribution < 1.29 is 18.9 Å². The van der Waals surface area contributed by atoms with Crippen LogP contribution in [0.25, 0.3) is 0 Å². The second-order valence-electron chi connectivity index (χ2n) is 7.65. The SMILES string of the molecule is CCCCC[C@H]1CO[C@H]([C@H]2CO[C@H](c3ccc(CCC)cc3)OC2)OC1. The van der Waals surface area contributed by atoms with Crippen LogP contribution in [-0.4, -0.2) is 32.7 Å². The summed E-state index contributed by atoms with van der Waals surface area (Å²) < 4.78 is 23.8. The molecule has 0 spiro atoms. The lowest BCUT2D eigenvalue weighted by Gasteiger charge is -2.37. The van der Waals surface area contributed by atoms with Crippen LogP contribution in [0.1, 0.15) is 63.4 Å². The third-order valence-electron chi connectivity index (χ3n) is 5.31. The molecule has 0 radical (unpaired) electrons. The van der Waals surface area contributed by atoms with E-state index in [0.717, 1.165) is 31.6 Å². The van der Waals surface area contributed by atoms with Gasteiger partial charge in [-0.3, -0.25) is 0 Å². The van der Waals surface area contributed by atoms with E-state index in [2.05, 4.69) is 38.1 Å². The lowest BCUT2D eigenvalue weighted by molar-refractivity contribution is -0.283. The van der Waals surface area contributed by atoms with Gasteiger partial charge in [0.1, 0.15) is 0 Å². The normalized spacial score (nSPS) is 29.6. The molecule has 0 amide bonds. The summed E-state index contributed by atoms with van der Waals surface area (Å²) in [7, 11) is 0. The highest BCUT2D eigenvalue weighted by molar-refractivity contribution is 5.23. The van der Waals surface area contributed by atoms with E-state index < -0.39 is 0 Å². The highest BCUT2D eigenvalue weighted by atomic mass is 16.7. The Morgan fingerprint density at radius 1 is 0.808 bits per heavy atom. The summed E-state index contributed by atoms with van der Waals surface area (Å²) in [5.74, 6) is 0.694. The maximum absolute atomic E-state index is 5.96. The third-order valence-corrected chi connectivity index (χ3v) is 5.31. The van der Waals surface area contributed by atoms with Crippen molar-refractivity contribution in [2.45, 2.75) is 65.0 Å². The smallest absolute Gasteiger partial charge is 0.183 e. The van der Waals surface area contributed by atoms with Gasteiger partial charge in [-0.1, -0.05) is 63.8 Å². The fraction of sp³-hybridized carbons (Fsp3) is 0.727. The maximum Gasteiger partial charge on any atom is 0.183 e. The second kappa shape index (κ2) is 10.4. The zero-order valence-corrected chi connectivity index (χ0v) is 16.3. The van der Waals surface area contributed by atoms with E-state index in [0.29, 0.717) is 19.1 Å². The molecule has 0 bridgehead atoms. The van der Waals surface area contributed by atoms with Crippen LogP contribution in [0.15, 0.2) is 24.3 Å². The van der Waals surface area contributed by atoms with Crippen molar-refractivity contribution in [3.8, 4) is 0 Å². The molecule has 2 fully saturated rings. The van der Waals surface area contributed by atoms with E-state index in [1.54, 1.807) is 0 Å². The Morgan fingerprint density at radius 3 is 2.12 bits per heavy atom. The molecule has 2 saturated heterocycles. The Labute approximate surface area is 158 Å². The van der Waals surface area contributed by atoms with Crippen LogP contribution in [-0.2, 0) is 25.4 Å². The predicted octanol–water partition coefficient (Wildman–Crippen LogP) is 4.87. The van der Waals surface area contributed by atoms with Crippen molar-refractivity contribution in [1.82, 2.24) is 0 Å². The number of rotatable bonds is 8. The topological polar surface area (TPSA) is 36.9 Å². The van der Waals surface area contributed by atoms with Gasteiger partial charge in [-0.25, -0.2) is 0 Å². The molecule has 0 aliphatic carbocycles. The van der Waals surface area contributed by atoms with Gasteiger partial charge in [0.25, 0.3) is 0 Å². The van der Waals surface area contributed by atoms with Gasteiger partial charge in [-0.05, 0) is 18.4 Å². The minimum Gasteiger partial charge on any atom is -0.352 e. The van der Waals surface area contributed by atoms with Gasteiger partial charge in [0.05, 0.1) is 32.3 Å². The molecule has 2 heterocycles. The number of ether oxygens (including phenoxy) is 4. The van der Waals surface area contributed by atoms with Crippen LogP contribution < -0.4 is 0 Å². The van der Waals surface area contributed by atoms with Crippen molar-refractivity contribution in [2.75, 3.05) is 26.4 Å². The molecule has 3 rings (SSSR count). The van der Waals surface area contributed by atoms with Gasteiger partial charge in [-0.2, -0.15) is 0 Å². The van der Waals surface area contributed by atoms with Gasteiger partial charge in [0, 0.05) is 11.5 Å². The van der Waals surface area contributed by atoms with Crippen LogP contribution in [0.5, 0.6) is 0 Å². The summed E-state index contributed by atoms with van der Waals surface area (Å²) in [5, 5.41) is 0. The summed E-state index contributed by atoms with van der Waals surface area (Å²) in [6.45, 7) is 7.27. The molecule has 2 aliphatic heterocycles. The van der Waals surface area contributed by atoms with E-state index in [1.807, 2.05) is 0 Å². The summed E-state index contributed by atoms with van der Waals surface area (Å²) >= 11 is 0. The van der Waals surface area contributed by atoms with Crippen LogP contribution in [0.3, 0.4) is 0 Å². The molecule has 2 aliphatic rings. The fourth-order valence-corrected chi connectivity index (χ4v) is 3.68. The van der Waals surface area contributed by atoms with Crippen molar-refractivity contribution in [1.29, 1.82) is 0 Å². The van der Waals surface area contributed by atoms with Crippen LogP contribution in [0.2, 0.25) is 0 Å². The summed E-state index contributed by atoms with van der Waals surface area (Å²) in [6.07, 6.45) is 6.85. The number of hydrogen-bond acceptors (Lipinski definition) is 4. The van der Waals surface area contributed by atoms with Crippen LogP contribution in [0.4, 0.5) is 0 Å². The Kier molecular flexibility index (Phi) is 7.93. The van der Waals surface area contributed by atoms with E-state index in [-0.39, 0.29) is 18.5 Å². The summed E-state index contributed by atoms with van der Waals surface area (Å²) in [6, 6.07) is 8.57. The maximum atomic E-state index is 5.96. The molecule has 0 N–H and O–H groups in total. The first kappa shape index (κ1) is 19.8. The number of benzene rings is 1. The molecular formula is C22H34O4. The Balaban J connectivity index is 1.40. The summed E-state index contributed by atoms with van der Waals surface area (Å²) in [5.41, 5.74) is 2.45. The lowest BCUT2D eigenvalue weighted by Crippen LogP contribution is -2.43. The molecular weight excluding hydrogens is 328 g/mol. The Morgan fingerprint density at radius 2 is 1.50 bits per heavy atom. The molecule has 26 heavy (non-hydrogen) atoms. The quantitative estimate of drug-likeness (QED) is 0.618. The third kappa shape index (κ3) is 5.53. The molecule has 0 unspecified atom stereocenters.